The second-order valence-electron chi connectivity index (χ2n) is 5.20. The molecular weight excluding hydrogens is 272 g/mol. The molecule has 0 bridgehead atoms. The lowest BCUT2D eigenvalue weighted by molar-refractivity contribution is -0.120. The minimum absolute atomic E-state index is 0.105. The predicted octanol–water partition coefficient (Wildman–Crippen LogP) is 3.73. The van der Waals surface area contributed by atoms with Gasteiger partial charge in [-0.15, -0.1) is 0 Å². The monoisotopic (exact) mass is 290 g/mol. The van der Waals surface area contributed by atoms with Crippen LogP contribution in [0.1, 0.15) is 31.7 Å². The number of hydrazone groups is 1. The number of rotatable bonds is 4. The molecule has 0 unspecified atom stereocenters. The van der Waals surface area contributed by atoms with Gasteiger partial charge in [-0.05, 0) is 49.8 Å². The summed E-state index contributed by atoms with van der Waals surface area (Å²) in [5.74, 6) is 0.334. The van der Waals surface area contributed by atoms with Crippen LogP contribution in [0.4, 0.5) is 0 Å². The van der Waals surface area contributed by atoms with E-state index in [1.165, 1.54) is 5.57 Å². The van der Waals surface area contributed by atoms with Crippen LogP contribution in [0.25, 0.3) is 0 Å². The van der Waals surface area contributed by atoms with Gasteiger partial charge in [-0.25, -0.2) is 5.43 Å². The minimum atomic E-state index is -0.105. The number of carbonyl (C=O) groups excluding carboxylic acids is 1. The maximum Gasteiger partial charge on any atom is 0.244 e. The highest BCUT2D eigenvalue weighted by Gasteiger charge is 2.10. The van der Waals surface area contributed by atoms with Gasteiger partial charge in [0.1, 0.15) is 0 Å². The Labute approximate surface area is 124 Å². The molecule has 20 heavy (non-hydrogen) atoms. The molecule has 1 N–H and O–H groups in total. The Morgan fingerprint density at radius 1 is 1.45 bits per heavy atom. The zero-order valence-corrected chi connectivity index (χ0v) is 12.4. The van der Waals surface area contributed by atoms with Gasteiger partial charge in [-0.1, -0.05) is 35.4 Å². The van der Waals surface area contributed by atoms with E-state index in [9.17, 15) is 4.79 Å². The molecule has 0 fully saturated rings. The van der Waals surface area contributed by atoms with Crippen LogP contribution >= 0.6 is 11.6 Å². The summed E-state index contributed by atoms with van der Waals surface area (Å²) in [6.07, 6.45) is 7.66. The third-order valence-electron chi connectivity index (χ3n) is 3.43. The molecule has 1 amide bonds. The molecule has 3 nitrogen and oxygen atoms in total. The number of benzene rings is 1. The van der Waals surface area contributed by atoms with Crippen molar-refractivity contribution >= 4 is 23.7 Å². The van der Waals surface area contributed by atoms with E-state index in [1.54, 1.807) is 12.1 Å². The van der Waals surface area contributed by atoms with Gasteiger partial charge < -0.3 is 0 Å². The summed E-state index contributed by atoms with van der Waals surface area (Å²) in [6, 6.07) is 7.26. The molecule has 0 saturated carbocycles. The van der Waals surface area contributed by atoms with Gasteiger partial charge in [0.2, 0.25) is 5.91 Å². The van der Waals surface area contributed by atoms with Crippen LogP contribution in [0.2, 0.25) is 5.02 Å². The lowest BCUT2D eigenvalue weighted by atomic mass is 9.91. The first-order valence-corrected chi connectivity index (χ1v) is 7.23. The van der Waals surface area contributed by atoms with Crippen LogP contribution in [0, 0.1) is 5.92 Å². The van der Waals surface area contributed by atoms with E-state index in [2.05, 4.69) is 23.5 Å². The van der Waals surface area contributed by atoms with Gasteiger partial charge >= 0.3 is 0 Å². The zero-order valence-electron chi connectivity index (χ0n) is 11.6. The van der Waals surface area contributed by atoms with Crippen molar-refractivity contribution in [2.24, 2.45) is 11.0 Å². The molecule has 4 heteroatoms. The van der Waals surface area contributed by atoms with E-state index >= 15 is 0 Å². The quantitative estimate of drug-likeness (QED) is 0.512. The Kier molecular flexibility index (Phi) is 5.36. The van der Waals surface area contributed by atoms with Crippen LogP contribution in [0.3, 0.4) is 0 Å². The highest BCUT2D eigenvalue weighted by Crippen LogP contribution is 2.21. The standard InChI is InChI=1S/C16H19ClN2O/c1-12-2-4-14(5-3-12)11-18-19-16(20)10-13-6-8-15(17)9-7-13/h2,6-9,11,14H,3-5,10H2,1H3,(H,19,20)/b18-11-/t14-/m1/s1. The van der Waals surface area contributed by atoms with Crippen LogP contribution in [0.15, 0.2) is 41.0 Å². The molecule has 0 spiro atoms. The Balaban J connectivity index is 1.76. The van der Waals surface area contributed by atoms with E-state index in [0.29, 0.717) is 17.4 Å². The lowest BCUT2D eigenvalue weighted by Crippen LogP contribution is -2.20. The fourth-order valence-corrected chi connectivity index (χ4v) is 2.29. The maximum atomic E-state index is 11.7. The molecule has 0 radical (unpaired) electrons. The third-order valence-corrected chi connectivity index (χ3v) is 3.68. The van der Waals surface area contributed by atoms with E-state index in [-0.39, 0.29) is 5.91 Å². The van der Waals surface area contributed by atoms with Crippen molar-refractivity contribution in [2.45, 2.75) is 32.6 Å². The summed E-state index contributed by atoms with van der Waals surface area (Å²) in [6.45, 7) is 2.15. The van der Waals surface area contributed by atoms with Gasteiger partial charge in [0.05, 0.1) is 6.42 Å². The van der Waals surface area contributed by atoms with Crippen molar-refractivity contribution < 1.29 is 4.79 Å². The van der Waals surface area contributed by atoms with Crippen LogP contribution < -0.4 is 5.43 Å². The number of nitrogens with one attached hydrogen (secondary N) is 1. The Bertz CT molecular complexity index is 520. The maximum absolute atomic E-state index is 11.7. The lowest BCUT2D eigenvalue weighted by Gasteiger charge is -2.15. The average molecular weight is 291 g/mol. The first-order valence-electron chi connectivity index (χ1n) is 6.85. The molecule has 0 aliphatic heterocycles. The predicted molar refractivity (Wildman–Crippen MR) is 82.9 cm³/mol. The number of carbonyl (C=O) groups is 1. The minimum Gasteiger partial charge on any atom is -0.273 e. The Hall–Kier alpha value is -1.61. The summed E-state index contributed by atoms with van der Waals surface area (Å²) in [5, 5.41) is 4.73. The second kappa shape index (κ2) is 7.25. The molecule has 0 aromatic heterocycles. The summed E-state index contributed by atoms with van der Waals surface area (Å²) in [5.41, 5.74) is 4.96. The molecule has 1 aromatic rings. The van der Waals surface area contributed by atoms with E-state index in [1.807, 2.05) is 18.3 Å². The summed E-state index contributed by atoms with van der Waals surface area (Å²) in [4.78, 5) is 11.7. The van der Waals surface area contributed by atoms with Crippen molar-refractivity contribution in [1.82, 2.24) is 5.43 Å². The molecule has 106 valence electrons. The van der Waals surface area contributed by atoms with Crippen molar-refractivity contribution in [3.05, 3.63) is 46.5 Å². The molecule has 1 aromatic carbocycles. The molecule has 1 aliphatic carbocycles. The van der Waals surface area contributed by atoms with Crippen molar-refractivity contribution in [1.29, 1.82) is 0 Å². The molecule has 0 heterocycles. The zero-order chi connectivity index (χ0) is 14.4. The highest BCUT2D eigenvalue weighted by molar-refractivity contribution is 6.30. The fourth-order valence-electron chi connectivity index (χ4n) is 2.16. The SMILES string of the molecule is CC1=CC[C@@H](/C=N\NC(=O)Cc2ccc(Cl)cc2)CC1. The number of nitrogens with zero attached hydrogens (tertiary/aromatic N) is 1. The number of hydrogen-bond donors (Lipinski definition) is 1. The number of halogens is 1. The highest BCUT2D eigenvalue weighted by atomic mass is 35.5. The van der Waals surface area contributed by atoms with Gasteiger partial charge in [0.15, 0.2) is 0 Å². The smallest absolute Gasteiger partial charge is 0.244 e. The van der Waals surface area contributed by atoms with Crippen LogP contribution in [-0.2, 0) is 11.2 Å². The summed E-state index contributed by atoms with van der Waals surface area (Å²) in [7, 11) is 0. The van der Waals surface area contributed by atoms with E-state index in [0.717, 1.165) is 24.8 Å². The topological polar surface area (TPSA) is 41.5 Å². The van der Waals surface area contributed by atoms with Crippen molar-refractivity contribution in [2.75, 3.05) is 0 Å². The molecule has 1 atom stereocenters. The summed E-state index contributed by atoms with van der Waals surface area (Å²) >= 11 is 5.80. The van der Waals surface area contributed by atoms with Gasteiger partial charge in [0, 0.05) is 11.2 Å². The van der Waals surface area contributed by atoms with Crippen molar-refractivity contribution in [3.8, 4) is 0 Å². The van der Waals surface area contributed by atoms with Gasteiger partial charge in [0.25, 0.3) is 0 Å². The van der Waals surface area contributed by atoms with Gasteiger partial charge in [-0.2, -0.15) is 5.10 Å². The fraction of sp³-hybridized carbons (Fsp3) is 0.375. The van der Waals surface area contributed by atoms with E-state index in [4.69, 9.17) is 11.6 Å². The Morgan fingerprint density at radius 2 is 2.20 bits per heavy atom. The summed E-state index contributed by atoms with van der Waals surface area (Å²) < 4.78 is 0. The number of hydrogen-bond acceptors (Lipinski definition) is 2. The third kappa shape index (κ3) is 4.82. The number of amides is 1. The molecule has 2 rings (SSSR count). The largest absolute Gasteiger partial charge is 0.273 e. The van der Waals surface area contributed by atoms with Crippen LogP contribution in [0.5, 0.6) is 0 Å². The molecule has 0 saturated heterocycles. The van der Waals surface area contributed by atoms with Crippen LogP contribution in [-0.4, -0.2) is 12.1 Å². The number of allylic oxidation sites excluding steroid dienone is 2. The van der Waals surface area contributed by atoms with E-state index < -0.39 is 0 Å². The first-order chi connectivity index (χ1) is 9.63. The normalized spacial score (nSPS) is 18.9. The molecular formula is C16H19ClN2O. The van der Waals surface area contributed by atoms with Gasteiger partial charge in [-0.3, -0.25) is 4.79 Å². The average Bonchev–Trinajstić information content (AvgIpc) is 2.44. The first kappa shape index (κ1) is 14.8. The molecule has 1 aliphatic rings. The second-order valence-corrected chi connectivity index (χ2v) is 5.64. The Morgan fingerprint density at radius 3 is 2.85 bits per heavy atom. The van der Waals surface area contributed by atoms with Crippen molar-refractivity contribution in [3.63, 3.8) is 0 Å².